The van der Waals surface area contributed by atoms with E-state index in [4.69, 9.17) is 12.3 Å². The van der Waals surface area contributed by atoms with Crippen LogP contribution in [0.2, 0.25) is 43.6 Å². The number of halogens is 3. The Hall–Kier alpha value is 1.19. The predicted octanol–water partition coefficient (Wildman–Crippen LogP) is -1.39. The van der Waals surface area contributed by atoms with E-state index in [1.165, 1.54) is 0 Å². The third kappa shape index (κ3) is 7.39. The lowest BCUT2D eigenvalue weighted by Gasteiger charge is -2.42. The van der Waals surface area contributed by atoms with Gasteiger partial charge in [0.2, 0.25) is 0 Å². The Labute approximate surface area is 147 Å². The zero-order valence-electron chi connectivity index (χ0n) is 14.8. The third-order valence-corrected chi connectivity index (χ3v) is 23.0. The van der Waals surface area contributed by atoms with Gasteiger partial charge in [0.05, 0.1) is 0 Å². The first kappa shape index (κ1) is 23.2. The molecule has 0 N–H and O–H groups in total. The van der Waals surface area contributed by atoms with E-state index in [2.05, 4.69) is 0 Å². The van der Waals surface area contributed by atoms with Crippen LogP contribution < -0.4 is 0 Å². The van der Waals surface area contributed by atoms with Crippen molar-refractivity contribution < 1.29 is 25.5 Å². The minimum absolute atomic E-state index is 0.378. The van der Waals surface area contributed by atoms with Crippen molar-refractivity contribution in [1.29, 1.82) is 0 Å². The number of hydrogen-bond donors (Lipinski definition) is 0. The van der Waals surface area contributed by atoms with Crippen LogP contribution in [0, 0.1) is 0 Å². The number of rotatable bonds is 11. The van der Waals surface area contributed by atoms with E-state index in [0.717, 1.165) is 0 Å². The van der Waals surface area contributed by atoms with Gasteiger partial charge in [0.25, 0.3) is 6.43 Å². The first-order chi connectivity index (χ1) is 9.94. The second kappa shape index (κ2) is 10.2. The molecule has 1 atom stereocenters. The molecule has 3 nitrogen and oxygen atoms in total. The first-order valence-corrected chi connectivity index (χ1v) is 21.0. The van der Waals surface area contributed by atoms with Gasteiger partial charge < -0.3 is 12.3 Å². The van der Waals surface area contributed by atoms with Crippen LogP contribution in [0.5, 0.6) is 0 Å². The molecule has 0 aliphatic heterocycles. The molecule has 0 aromatic rings. The van der Waals surface area contributed by atoms with Gasteiger partial charge in [-0.3, -0.25) is 0 Å². The third-order valence-electron chi connectivity index (χ3n) is 3.45. The molecule has 13 heteroatoms. The molecular formula is C9H31F3O3Si7. The predicted molar refractivity (Wildman–Crippen MR) is 108 cm³/mol. The normalized spacial score (nSPS) is 20.0. The molecule has 0 aliphatic rings. The van der Waals surface area contributed by atoms with Gasteiger partial charge in [-0.05, 0) is 39.3 Å². The van der Waals surface area contributed by atoms with Crippen molar-refractivity contribution in [1.82, 2.24) is 0 Å². The Balaban J connectivity index is 5.32. The Morgan fingerprint density at radius 1 is 0.818 bits per heavy atom. The lowest BCUT2D eigenvalue weighted by molar-refractivity contribution is 0.0108. The van der Waals surface area contributed by atoms with Crippen LogP contribution in [0.3, 0.4) is 0 Å². The van der Waals surface area contributed by atoms with E-state index >= 15 is 4.39 Å². The summed E-state index contributed by atoms with van der Waals surface area (Å²) in [6, 6.07) is 0. The highest BCUT2D eigenvalue weighted by atomic mass is 28.4. The van der Waals surface area contributed by atoms with Gasteiger partial charge in [-0.25, -0.2) is 13.2 Å². The minimum atomic E-state index is -2.97. The van der Waals surface area contributed by atoms with Crippen molar-refractivity contribution in [3.8, 4) is 0 Å². The molecule has 0 rings (SSSR count). The van der Waals surface area contributed by atoms with Gasteiger partial charge in [-0.15, -0.1) is 0 Å². The second-order valence-corrected chi connectivity index (χ2v) is 27.9. The summed E-state index contributed by atoms with van der Waals surface area (Å²) in [7, 11) is -8.42. The summed E-state index contributed by atoms with van der Waals surface area (Å²) in [6.07, 6.45) is -2.97. The summed E-state index contributed by atoms with van der Waals surface area (Å²) >= 11 is 0. The summed E-state index contributed by atoms with van der Waals surface area (Å²) in [5.74, 6) is 0. The highest BCUT2D eigenvalue weighted by molar-refractivity contribution is 6.78. The van der Waals surface area contributed by atoms with Gasteiger partial charge >= 0.3 is 0 Å². The molecule has 0 aromatic carbocycles. The largest absolute Gasteiger partial charge is 0.463 e. The van der Waals surface area contributed by atoms with Crippen molar-refractivity contribution in [2.45, 2.75) is 55.3 Å². The molecule has 0 saturated carbocycles. The van der Waals surface area contributed by atoms with Crippen LogP contribution in [0.1, 0.15) is 0 Å². The Kier molecular flexibility index (Phi) is 10.8. The maximum atomic E-state index is 15.4. The molecule has 0 aliphatic carbocycles. The van der Waals surface area contributed by atoms with Gasteiger partial charge in [0, 0.05) is 14.5 Å². The zero-order valence-corrected chi connectivity index (χ0v) is 24.5. The van der Waals surface area contributed by atoms with Crippen molar-refractivity contribution in [3.63, 3.8) is 0 Å². The molecule has 134 valence electrons. The van der Waals surface area contributed by atoms with Crippen LogP contribution in [-0.4, -0.2) is 78.4 Å². The van der Waals surface area contributed by atoms with E-state index in [-0.39, 0.29) is 0 Å². The molecular weight excluding hydrogens is 410 g/mol. The molecule has 22 heavy (non-hydrogen) atoms. The average Bonchev–Trinajstić information content (AvgIpc) is 2.39. The van der Waals surface area contributed by atoms with Crippen molar-refractivity contribution in [3.05, 3.63) is 0 Å². The van der Waals surface area contributed by atoms with Gasteiger partial charge in [0.15, 0.2) is 61.7 Å². The molecule has 0 heterocycles. The standard InChI is InChI=1S/C9H31F3O3Si7/c1-20(2)13-17-8(12,7(10)11)9(16,18-14-21(3)4)19-15-22(5)6/h7,20-22H,17-19H2,1-6,16H3. The highest BCUT2D eigenvalue weighted by Gasteiger charge is 2.57. The van der Waals surface area contributed by atoms with Crippen LogP contribution in [0.4, 0.5) is 13.2 Å². The lowest BCUT2D eigenvalue weighted by Crippen LogP contribution is -2.59. The number of alkyl halides is 3. The van der Waals surface area contributed by atoms with Crippen LogP contribution in [0.25, 0.3) is 0 Å². The van der Waals surface area contributed by atoms with Gasteiger partial charge in [0.1, 0.15) is 0 Å². The van der Waals surface area contributed by atoms with Crippen LogP contribution in [0.15, 0.2) is 0 Å². The Bertz CT molecular complexity index is 313. The second-order valence-electron chi connectivity index (χ2n) is 6.80. The van der Waals surface area contributed by atoms with E-state index in [9.17, 15) is 8.78 Å². The maximum absolute atomic E-state index is 15.4. The summed E-state index contributed by atoms with van der Waals surface area (Å²) in [4.78, 5) is 0. The molecule has 0 amide bonds. The molecule has 0 bridgehead atoms. The SMILES string of the molecule is C[SiH](C)O[SiH2]C([SiH3])([SiH2]O[SiH](C)C)C(F)([SiH2]O[SiH](C)C)C(F)F. The fraction of sp³-hybridized carbons (Fsp3) is 1.00. The molecule has 0 saturated heterocycles. The number of hydrogen-bond acceptors (Lipinski definition) is 3. The highest BCUT2D eigenvalue weighted by Crippen LogP contribution is 2.42. The quantitative estimate of drug-likeness (QED) is 0.370. The Morgan fingerprint density at radius 2 is 1.14 bits per heavy atom. The van der Waals surface area contributed by atoms with E-state index in [1.54, 1.807) is 0 Å². The minimum Gasteiger partial charge on any atom is -0.463 e. The smallest absolute Gasteiger partial charge is 0.270 e. The molecule has 0 radical (unpaired) electrons. The van der Waals surface area contributed by atoms with Crippen molar-refractivity contribution in [2.75, 3.05) is 0 Å². The molecule has 0 aromatic heterocycles. The van der Waals surface area contributed by atoms with Gasteiger partial charge in [-0.1, -0.05) is 0 Å². The van der Waals surface area contributed by atoms with Crippen molar-refractivity contribution in [2.24, 2.45) is 0 Å². The summed E-state index contributed by atoms with van der Waals surface area (Å²) in [5, 5.41) is -2.44. The van der Waals surface area contributed by atoms with Crippen molar-refractivity contribution >= 4 is 66.7 Å². The fourth-order valence-electron chi connectivity index (χ4n) is 1.77. The monoisotopic (exact) mass is 440 g/mol. The van der Waals surface area contributed by atoms with E-state index < -0.39 is 72.4 Å². The van der Waals surface area contributed by atoms with Crippen LogP contribution in [-0.2, 0) is 12.3 Å². The summed E-state index contributed by atoms with van der Waals surface area (Å²) < 4.78 is 59.0. The zero-order chi connectivity index (χ0) is 17.6. The Morgan fingerprint density at radius 3 is 1.41 bits per heavy atom. The topological polar surface area (TPSA) is 27.7 Å². The average molecular weight is 441 g/mol. The fourth-order valence-corrected chi connectivity index (χ4v) is 18.3. The maximum Gasteiger partial charge on any atom is 0.270 e. The molecule has 0 fully saturated rings. The first-order valence-electron chi connectivity index (χ1n) is 7.76. The summed E-state index contributed by atoms with van der Waals surface area (Å²) in [5.41, 5.74) is 0. The van der Waals surface area contributed by atoms with Gasteiger partial charge in [-0.2, -0.15) is 0 Å². The summed E-state index contributed by atoms with van der Waals surface area (Å²) in [6.45, 7) is 11.8. The van der Waals surface area contributed by atoms with E-state index in [1.807, 2.05) is 39.3 Å². The van der Waals surface area contributed by atoms with E-state index in [0.29, 0.717) is 10.2 Å². The van der Waals surface area contributed by atoms with Crippen LogP contribution >= 0.6 is 0 Å². The lowest BCUT2D eigenvalue weighted by atomic mass is 10.4. The molecule has 0 spiro atoms. The molecule has 1 unspecified atom stereocenters.